The number of ether oxygens (including phenoxy) is 1. The number of aliphatic hydroxyl groups is 1. The van der Waals surface area contributed by atoms with Gasteiger partial charge in [0.25, 0.3) is 0 Å². The van der Waals surface area contributed by atoms with Crippen LogP contribution in [0.4, 0.5) is 0 Å². The van der Waals surface area contributed by atoms with E-state index in [9.17, 15) is 4.79 Å². The molecule has 10 heavy (non-hydrogen) atoms. The Morgan fingerprint density at radius 1 is 1.80 bits per heavy atom. The van der Waals surface area contributed by atoms with Crippen molar-refractivity contribution in [3.8, 4) is 0 Å². The third kappa shape index (κ3) is 1.70. The lowest BCUT2D eigenvalue weighted by Gasteiger charge is -2.06. The summed E-state index contributed by atoms with van der Waals surface area (Å²) in [5, 5.41) is 9.11. The number of hydrogen-bond acceptors (Lipinski definition) is 3. The Kier molecular flexibility index (Phi) is 2.27. The summed E-state index contributed by atoms with van der Waals surface area (Å²) >= 11 is 0. The summed E-state index contributed by atoms with van der Waals surface area (Å²) in [5.41, 5.74) is 0. The summed E-state index contributed by atoms with van der Waals surface area (Å²) in [6.45, 7) is 2.08. The van der Waals surface area contributed by atoms with E-state index in [2.05, 4.69) is 4.74 Å². The van der Waals surface area contributed by atoms with Crippen LogP contribution >= 0.6 is 0 Å². The quantitative estimate of drug-likeness (QED) is 0.580. The maximum absolute atomic E-state index is 10.8. The van der Waals surface area contributed by atoms with Gasteiger partial charge in [0.1, 0.15) is 0 Å². The van der Waals surface area contributed by atoms with Crippen LogP contribution in [0.3, 0.4) is 0 Å². The van der Waals surface area contributed by atoms with E-state index in [-0.39, 0.29) is 5.92 Å². The highest BCUT2D eigenvalue weighted by molar-refractivity contribution is 5.75. The first-order chi connectivity index (χ1) is 4.75. The van der Waals surface area contributed by atoms with Crippen LogP contribution in [0.2, 0.25) is 0 Å². The Morgan fingerprint density at radius 3 is 2.80 bits per heavy atom. The first-order valence-corrected chi connectivity index (χ1v) is 3.60. The average molecular weight is 144 g/mol. The van der Waals surface area contributed by atoms with Gasteiger partial charge in [-0.05, 0) is 25.7 Å². The summed E-state index contributed by atoms with van der Waals surface area (Å²) in [7, 11) is 0. The topological polar surface area (TPSA) is 46.5 Å². The van der Waals surface area contributed by atoms with Crippen LogP contribution < -0.4 is 0 Å². The molecule has 1 aliphatic rings. The molecule has 3 heteroatoms. The van der Waals surface area contributed by atoms with Crippen LogP contribution in [0.15, 0.2) is 0 Å². The highest BCUT2D eigenvalue weighted by atomic mass is 16.5. The lowest BCUT2D eigenvalue weighted by molar-refractivity contribution is -0.154. The van der Waals surface area contributed by atoms with Gasteiger partial charge in [0.15, 0.2) is 6.10 Å². The summed E-state index contributed by atoms with van der Waals surface area (Å²) in [6.07, 6.45) is 1.06. The molecule has 1 unspecified atom stereocenters. The zero-order chi connectivity index (χ0) is 7.56. The Hall–Kier alpha value is -0.570. The fourth-order valence-corrected chi connectivity index (χ4v) is 0.832. The first-order valence-electron chi connectivity index (χ1n) is 3.60. The van der Waals surface area contributed by atoms with E-state index in [0.29, 0.717) is 6.61 Å². The van der Waals surface area contributed by atoms with Gasteiger partial charge in [0.05, 0.1) is 6.61 Å². The molecule has 0 aromatic rings. The number of carbonyl (C=O) groups is 1. The van der Waals surface area contributed by atoms with Gasteiger partial charge in [0.2, 0.25) is 0 Å². The molecule has 0 radical (unpaired) electrons. The van der Waals surface area contributed by atoms with Gasteiger partial charge in [-0.15, -0.1) is 0 Å². The van der Waals surface area contributed by atoms with E-state index < -0.39 is 12.1 Å². The molecular formula is C7H12O3. The van der Waals surface area contributed by atoms with Crippen molar-refractivity contribution >= 4 is 5.97 Å². The Morgan fingerprint density at radius 2 is 2.40 bits per heavy atom. The fraction of sp³-hybridized carbons (Fsp3) is 0.857. The SMILES string of the molecule is CCOC(=O)C(O)C1CC1. The van der Waals surface area contributed by atoms with E-state index >= 15 is 0 Å². The molecule has 0 heterocycles. The number of hydrogen-bond donors (Lipinski definition) is 1. The van der Waals surface area contributed by atoms with Crippen molar-refractivity contribution in [1.82, 2.24) is 0 Å². The molecule has 58 valence electrons. The van der Waals surface area contributed by atoms with Crippen molar-refractivity contribution in [3.05, 3.63) is 0 Å². The van der Waals surface area contributed by atoms with Gasteiger partial charge in [-0.3, -0.25) is 0 Å². The van der Waals surface area contributed by atoms with Gasteiger partial charge in [-0.2, -0.15) is 0 Å². The van der Waals surface area contributed by atoms with Crippen LogP contribution in [0.5, 0.6) is 0 Å². The van der Waals surface area contributed by atoms with Gasteiger partial charge in [0, 0.05) is 0 Å². The summed E-state index contributed by atoms with van der Waals surface area (Å²) in [4.78, 5) is 10.8. The maximum atomic E-state index is 10.8. The number of rotatable bonds is 3. The molecule has 0 aromatic heterocycles. The van der Waals surface area contributed by atoms with Crippen molar-refractivity contribution in [2.45, 2.75) is 25.9 Å². The molecule has 0 spiro atoms. The third-order valence-electron chi connectivity index (χ3n) is 1.60. The second-order valence-corrected chi connectivity index (χ2v) is 2.53. The van der Waals surface area contributed by atoms with Crippen molar-refractivity contribution in [3.63, 3.8) is 0 Å². The van der Waals surface area contributed by atoms with Gasteiger partial charge in [-0.1, -0.05) is 0 Å². The van der Waals surface area contributed by atoms with E-state index in [1.807, 2.05) is 0 Å². The second-order valence-electron chi connectivity index (χ2n) is 2.53. The molecule has 0 aliphatic heterocycles. The average Bonchev–Trinajstić information content (AvgIpc) is 2.68. The van der Waals surface area contributed by atoms with E-state index in [0.717, 1.165) is 12.8 Å². The molecule has 1 rings (SSSR count). The number of esters is 1. The minimum absolute atomic E-state index is 0.180. The molecule has 0 amide bonds. The normalized spacial score (nSPS) is 20.2. The molecule has 1 N–H and O–H groups in total. The lowest BCUT2D eigenvalue weighted by Crippen LogP contribution is -2.24. The van der Waals surface area contributed by atoms with E-state index in [1.165, 1.54) is 0 Å². The predicted octanol–water partition coefficient (Wildman–Crippen LogP) is 0.320. The van der Waals surface area contributed by atoms with Crippen LogP contribution in [-0.4, -0.2) is 23.8 Å². The van der Waals surface area contributed by atoms with Crippen molar-refractivity contribution in [2.75, 3.05) is 6.61 Å². The monoisotopic (exact) mass is 144 g/mol. The Bertz CT molecular complexity index is 129. The van der Waals surface area contributed by atoms with Crippen LogP contribution in [0, 0.1) is 5.92 Å². The zero-order valence-corrected chi connectivity index (χ0v) is 6.04. The van der Waals surface area contributed by atoms with Crippen LogP contribution in [0.1, 0.15) is 19.8 Å². The third-order valence-corrected chi connectivity index (χ3v) is 1.60. The Balaban J connectivity index is 2.24. The van der Waals surface area contributed by atoms with Crippen LogP contribution in [-0.2, 0) is 9.53 Å². The number of carbonyl (C=O) groups excluding carboxylic acids is 1. The van der Waals surface area contributed by atoms with Gasteiger partial charge >= 0.3 is 5.97 Å². The van der Waals surface area contributed by atoms with Crippen molar-refractivity contribution < 1.29 is 14.6 Å². The van der Waals surface area contributed by atoms with E-state index in [1.54, 1.807) is 6.92 Å². The van der Waals surface area contributed by atoms with Crippen molar-refractivity contribution in [2.24, 2.45) is 5.92 Å². The minimum atomic E-state index is -0.861. The first kappa shape index (κ1) is 7.54. The summed E-state index contributed by atoms with van der Waals surface area (Å²) < 4.78 is 4.62. The highest BCUT2D eigenvalue weighted by Crippen LogP contribution is 2.32. The molecule has 1 atom stereocenters. The molecule has 1 fully saturated rings. The maximum Gasteiger partial charge on any atom is 0.335 e. The molecule has 3 nitrogen and oxygen atoms in total. The summed E-state index contributed by atoms with van der Waals surface area (Å²) in [6, 6.07) is 0. The zero-order valence-electron chi connectivity index (χ0n) is 6.04. The second kappa shape index (κ2) is 3.01. The lowest BCUT2D eigenvalue weighted by atomic mass is 10.2. The Labute approximate surface area is 60.0 Å². The van der Waals surface area contributed by atoms with E-state index in [4.69, 9.17) is 5.11 Å². The molecule has 0 bridgehead atoms. The molecular weight excluding hydrogens is 132 g/mol. The highest BCUT2D eigenvalue weighted by Gasteiger charge is 2.35. The largest absolute Gasteiger partial charge is 0.464 e. The van der Waals surface area contributed by atoms with Crippen molar-refractivity contribution in [1.29, 1.82) is 0 Å². The number of aliphatic hydroxyl groups excluding tert-OH is 1. The molecule has 1 saturated carbocycles. The molecule has 1 aliphatic carbocycles. The molecule has 0 aromatic carbocycles. The minimum Gasteiger partial charge on any atom is -0.464 e. The predicted molar refractivity (Wildman–Crippen MR) is 35.4 cm³/mol. The standard InChI is InChI=1S/C7H12O3/c1-2-10-7(9)6(8)5-3-4-5/h5-6,8H,2-4H2,1H3. The van der Waals surface area contributed by atoms with Crippen LogP contribution in [0.25, 0.3) is 0 Å². The molecule has 0 saturated heterocycles. The van der Waals surface area contributed by atoms with Gasteiger partial charge in [-0.25, -0.2) is 4.79 Å². The van der Waals surface area contributed by atoms with Gasteiger partial charge < -0.3 is 9.84 Å². The fourth-order valence-electron chi connectivity index (χ4n) is 0.832. The summed E-state index contributed by atoms with van der Waals surface area (Å²) in [5.74, 6) is -0.288. The smallest absolute Gasteiger partial charge is 0.335 e.